The number of hydrogen-bond acceptors (Lipinski definition) is 1. The Labute approximate surface area is 94.3 Å². The van der Waals surface area contributed by atoms with Crippen molar-refractivity contribution < 1.29 is 9.18 Å². The molecule has 0 amide bonds. The Morgan fingerprint density at radius 2 is 2.13 bits per heavy atom. The molecule has 1 nitrogen and oxygen atoms in total. The van der Waals surface area contributed by atoms with Gasteiger partial charge in [0.15, 0.2) is 5.78 Å². The van der Waals surface area contributed by atoms with Gasteiger partial charge in [-0.25, -0.2) is 4.39 Å². The van der Waals surface area contributed by atoms with Crippen LogP contribution >= 0.6 is 11.6 Å². The van der Waals surface area contributed by atoms with Crippen LogP contribution in [0.5, 0.6) is 0 Å². The van der Waals surface area contributed by atoms with Crippen LogP contribution in [-0.2, 0) is 0 Å². The van der Waals surface area contributed by atoms with Crippen LogP contribution < -0.4 is 0 Å². The average Bonchev–Trinajstić information content (AvgIpc) is 2.14. The van der Waals surface area contributed by atoms with Crippen LogP contribution in [0.15, 0.2) is 18.2 Å². The predicted octanol–water partition coefficient (Wildman–Crippen LogP) is 4.10. The Morgan fingerprint density at radius 3 is 2.67 bits per heavy atom. The number of benzene rings is 1. The first-order valence-electron chi connectivity index (χ1n) is 4.99. The monoisotopic (exact) mass is 228 g/mol. The fraction of sp³-hybridized carbons (Fsp3) is 0.417. The van der Waals surface area contributed by atoms with E-state index in [0.717, 1.165) is 6.42 Å². The summed E-state index contributed by atoms with van der Waals surface area (Å²) in [4.78, 5) is 11.6. The molecular formula is C12H14ClFO. The zero-order chi connectivity index (χ0) is 11.4. The highest BCUT2D eigenvalue weighted by Crippen LogP contribution is 2.17. The predicted molar refractivity (Wildman–Crippen MR) is 59.8 cm³/mol. The topological polar surface area (TPSA) is 17.1 Å². The first-order chi connectivity index (χ1) is 7.00. The molecule has 0 aliphatic carbocycles. The summed E-state index contributed by atoms with van der Waals surface area (Å²) < 4.78 is 13.3. The van der Waals surface area contributed by atoms with Crippen molar-refractivity contribution in [1.29, 1.82) is 0 Å². The molecule has 1 rings (SSSR count). The number of hydrogen-bond donors (Lipinski definition) is 0. The van der Waals surface area contributed by atoms with Gasteiger partial charge in [0.2, 0.25) is 0 Å². The van der Waals surface area contributed by atoms with Crippen molar-refractivity contribution in [2.45, 2.75) is 26.7 Å². The van der Waals surface area contributed by atoms with Gasteiger partial charge in [-0.2, -0.15) is 0 Å². The minimum atomic E-state index is -0.531. The molecule has 1 aromatic rings. The largest absolute Gasteiger partial charge is 0.294 e. The van der Waals surface area contributed by atoms with Crippen LogP contribution in [0.1, 0.15) is 37.0 Å². The van der Waals surface area contributed by atoms with Gasteiger partial charge in [0.05, 0.1) is 5.56 Å². The summed E-state index contributed by atoms with van der Waals surface area (Å²) in [6, 6.07) is 4.15. The standard InChI is InChI=1S/C12H14ClFO/c1-8(2)3-6-12(15)10-5-4-9(13)7-11(10)14/h4-5,7-8H,3,6H2,1-2H3. The van der Waals surface area contributed by atoms with E-state index in [9.17, 15) is 9.18 Å². The highest BCUT2D eigenvalue weighted by Gasteiger charge is 2.12. The van der Waals surface area contributed by atoms with E-state index in [0.29, 0.717) is 17.4 Å². The second kappa shape index (κ2) is 5.26. The van der Waals surface area contributed by atoms with Crippen molar-refractivity contribution in [2.24, 2.45) is 5.92 Å². The summed E-state index contributed by atoms with van der Waals surface area (Å²) >= 11 is 5.60. The summed E-state index contributed by atoms with van der Waals surface area (Å²) in [5, 5.41) is 0.313. The van der Waals surface area contributed by atoms with Crippen molar-refractivity contribution in [3.8, 4) is 0 Å². The van der Waals surface area contributed by atoms with E-state index in [1.54, 1.807) is 0 Å². The molecule has 0 aliphatic rings. The lowest BCUT2D eigenvalue weighted by molar-refractivity contribution is 0.0971. The molecule has 82 valence electrons. The van der Waals surface area contributed by atoms with E-state index < -0.39 is 5.82 Å². The van der Waals surface area contributed by atoms with Crippen molar-refractivity contribution in [1.82, 2.24) is 0 Å². The molecule has 0 aliphatic heterocycles. The Bertz CT molecular complexity index is 361. The van der Waals surface area contributed by atoms with Crippen molar-refractivity contribution in [3.05, 3.63) is 34.6 Å². The van der Waals surface area contributed by atoms with E-state index in [-0.39, 0.29) is 11.3 Å². The normalized spacial score (nSPS) is 10.7. The zero-order valence-electron chi connectivity index (χ0n) is 8.89. The molecule has 0 bridgehead atoms. The molecule has 0 N–H and O–H groups in total. The Hall–Kier alpha value is -0.890. The van der Waals surface area contributed by atoms with Crippen molar-refractivity contribution >= 4 is 17.4 Å². The molecule has 0 saturated carbocycles. The van der Waals surface area contributed by atoms with Gasteiger partial charge < -0.3 is 0 Å². The molecule has 1 aromatic carbocycles. The van der Waals surface area contributed by atoms with Gasteiger partial charge in [-0.15, -0.1) is 0 Å². The summed E-state index contributed by atoms with van der Waals surface area (Å²) in [7, 11) is 0. The molecule has 0 unspecified atom stereocenters. The van der Waals surface area contributed by atoms with Crippen LogP contribution in [0.25, 0.3) is 0 Å². The van der Waals surface area contributed by atoms with Gasteiger partial charge in [-0.1, -0.05) is 25.4 Å². The molecule has 0 radical (unpaired) electrons. The number of ketones is 1. The SMILES string of the molecule is CC(C)CCC(=O)c1ccc(Cl)cc1F. The zero-order valence-corrected chi connectivity index (χ0v) is 9.64. The van der Waals surface area contributed by atoms with Gasteiger partial charge >= 0.3 is 0 Å². The van der Waals surface area contributed by atoms with E-state index in [1.165, 1.54) is 18.2 Å². The summed E-state index contributed by atoms with van der Waals surface area (Å²) in [6.07, 6.45) is 1.16. The third-order valence-corrected chi connectivity index (χ3v) is 2.42. The van der Waals surface area contributed by atoms with E-state index >= 15 is 0 Å². The quantitative estimate of drug-likeness (QED) is 0.710. The first kappa shape index (κ1) is 12.2. The molecule has 0 atom stereocenters. The minimum Gasteiger partial charge on any atom is -0.294 e. The molecule has 0 saturated heterocycles. The van der Waals surface area contributed by atoms with Crippen LogP contribution in [0, 0.1) is 11.7 Å². The van der Waals surface area contributed by atoms with Crippen LogP contribution in [0.2, 0.25) is 5.02 Å². The lowest BCUT2D eigenvalue weighted by Crippen LogP contribution is -2.03. The van der Waals surface area contributed by atoms with E-state index in [2.05, 4.69) is 0 Å². The number of carbonyl (C=O) groups is 1. The fourth-order valence-electron chi connectivity index (χ4n) is 1.27. The van der Waals surface area contributed by atoms with Crippen molar-refractivity contribution in [2.75, 3.05) is 0 Å². The Morgan fingerprint density at radius 1 is 1.47 bits per heavy atom. The molecule has 0 aromatic heterocycles. The van der Waals surface area contributed by atoms with Gasteiger partial charge in [-0.05, 0) is 30.5 Å². The molecule has 15 heavy (non-hydrogen) atoms. The smallest absolute Gasteiger partial charge is 0.165 e. The van der Waals surface area contributed by atoms with Crippen LogP contribution in [-0.4, -0.2) is 5.78 Å². The first-order valence-corrected chi connectivity index (χ1v) is 5.36. The van der Waals surface area contributed by atoms with Gasteiger partial charge in [0.25, 0.3) is 0 Å². The second-order valence-corrected chi connectivity index (χ2v) is 4.42. The third kappa shape index (κ3) is 3.63. The maximum absolute atomic E-state index is 13.3. The van der Waals surface area contributed by atoms with Gasteiger partial charge in [0, 0.05) is 11.4 Å². The highest BCUT2D eigenvalue weighted by molar-refractivity contribution is 6.30. The van der Waals surface area contributed by atoms with E-state index in [1.807, 2.05) is 13.8 Å². The summed E-state index contributed by atoms with van der Waals surface area (Å²) in [6.45, 7) is 4.07. The van der Waals surface area contributed by atoms with Crippen LogP contribution in [0.3, 0.4) is 0 Å². The van der Waals surface area contributed by atoms with Gasteiger partial charge in [0.1, 0.15) is 5.82 Å². The third-order valence-electron chi connectivity index (χ3n) is 2.18. The molecular weight excluding hydrogens is 215 g/mol. The van der Waals surface area contributed by atoms with E-state index in [4.69, 9.17) is 11.6 Å². The average molecular weight is 229 g/mol. The highest BCUT2D eigenvalue weighted by atomic mass is 35.5. The molecule has 0 spiro atoms. The van der Waals surface area contributed by atoms with Crippen LogP contribution in [0.4, 0.5) is 4.39 Å². The Kier molecular flexibility index (Phi) is 4.28. The maximum atomic E-state index is 13.3. The number of rotatable bonds is 4. The lowest BCUT2D eigenvalue weighted by atomic mass is 10.0. The van der Waals surface area contributed by atoms with Gasteiger partial charge in [-0.3, -0.25) is 4.79 Å². The maximum Gasteiger partial charge on any atom is 0.165 e. The number of Topliss-reactive ketones (excluding diaryl/α,β-unsaturated/α-hetero) is 1. The summed E-state index contributed by atoms with van der Waals surface area (Å²) in [5.41, 5.74) is 0.139. The number of carbonyl (C=O) groups excluding carboxylic acids is 1. The molecule has 3 heteroatoms. The number of halogens is 2. The second-order valence-electron chi connectivity index (χ2n) is 3.98. The Balaban J connectivity index is 2.74. The fourth-order valence-corrected chi connectivity index (χ4v) is 1.43. The lowest BCUT2D eigenvalue weighted by Gasteiger charge is -2.05. The molecule has 0 fully saturated rings. The summed E-state index contributed by atoms with van der Waals surface area (Å²) in [5.74, 6) is -0.238. The molecule has 0 heterocycles. The minimum absolute atomic E-state index is 0.139. The van der Waals surface area contributed by atoms with Crippen molar-refractivity contribution in [3.63, 3.8) is 0 Å².